The van der Waals surface area contributed by atoms with Gasteiger partial charge < -0.3 is 10.2 Å². The van der Waals surface area contributed by atoms with E-state index in [0.29, 0.717) is 12.0 Å². The van der Waals surface area contributed by atoms with Gasteiger partial charge in [-0.05, 0) is 49.4 Å². The zero-order valence-corrected chi connectivity index (χ0v) is 13.0. The summed E-state index contributed by atoms with van der Waals surface area (Å²) in [6, 6.07) is 7.16. The van der Waals surface area contributed by atoms with Gasteiger partial charge in [0, 0.05) is 30.3 Å². The van der Waals surface area contributed by atoms with E-state index in [2.05, 4.69) is 49.3 Å². The molecule has 0 radical (unpaired) electrons. The fourth-order valence-corrected chi connectivity index (χ4v) is 2.62. The first-order valence-corrected chi connectivity index (χ1v) is 7.67. The third kappa shape index (κ3) is 3.87. The Morgan fingerprint density at radius 1 is 1.37 bits per heavy atom. The largest absolute Gasteiger partial charge is 0.372 e. The molecule has 0 saturated heterocycles. The second-order valence-electron chi connectivity index (χ2n) is 6.00. The number of halogens is 1. The fourth-order valence-electron chi connectivity index (χ4n) is 2.38. The minimum atomic E-state index is 0.669. The maximum absolute atomic E-state index is 6.39. The van der Waals surface area contributed by atoms with Gasteiger partial charge in [-0.2, -0.15) is 0 Å². The molecular formula is C16H25ClN2. The second kappa shape index (κ2) is 6.62. The molecule has 0 unspecified atom stereocenters. The highest BCUT2D eigenvalue weighted by molar-refractivity contribution is 6.31. The molecule has 1 aromatic carbocycles. The van der Waals surface area contributed by atoms with E-state index in [1.807, 2.05) is 0 Å². The van der Waals surface area contributed by atoms with Crippen molar-refractivity contribution in [2.45, 2.75) is 45.7 Å². The Balaban J connectivity index is 1.96. The lowest BCUT2D eigenvalue weighted by molar-refractivity contribution is 0.401. The van der Waals surface area contributed by atoms with Gasteiger partial charge in [0.1, 0.15) is 0 Å². The van der Waals surface area contributed by atoms with Crippen molar-refractivity contribution in [1.82, 2.24) is 5.32 Å². The smallest absolute Gasteiger partial charge is 0.0471 e. The number of benzene rings is 1. The molecule has 1 N–H and O–H groups in total. The van der Waals surface area contributed by atoms with Crippen LogP contribution in [-0.4, -0.2) is 19.6 Å². The summed E-state index contributed by atoms with van der Waals surface area (Å²) in [6.45, 7) is 6.31. The summed E-state index contributed by atoms with van der Waals surface area (Å²) in [7, 11) is 2.17. The maximum Gasteiger partial charge on any atom is 0.0471 e. The molecule has 0 aromatic heterocycles. The first-order valence-electron chi connectivity index (χ1n) is 7.30. The number of hydrogen-bond donors (Lipinski definition) is 1. The van der Waals surface area contributed by atoms with Gasteiger partial charge >= 0.3 is 0 Å². The van der Waals surface area contributed by atoms with Crippen LogP contribution in [0.1, 0.15) is 38.7 Å². The predicted molar refractivity (Wildman–Crippen MR) is 84.0 cm³/mol. The number of hydrogen-bond acceptors (Lipinski definition) is 2. The molecule has 3 heteroatoms. The van der Waals surface area contributed by atoms with E-state index in [1.165, 1.54) is 30.5 Å². The van der Waals surface area contributed by atoms with Crippen LogP contribution in [0.25, 0.3) is 0 Å². The summed E-state index contributed by atoms with van der Waals surface area (Å²) in [5, 5.41) is 4.31. The van der Waals surface area contributed by atoms with E-state index in [0.717, 1.165) is 18.1 Å². The minimum absolute atomic E-state index is 0.669. The van der Waals surface area contributed by atoms with E-state index in [4.69, 9.17) is 11.6 Å². The lowest BCUT2D eigenvalue weighted by Gasteiger charge is -2.36. The number of rotatable bonds is 6. The van der Waals surface area contributed by atoms with Gasteiger partial charge in [-0.3, -0.25) is 0 Å². The third-order valence-corrected chi connectivity index (χ3v) is 4.29. The van der Waals surface area contributed by atoms with E-state index >= 15 is 0 Å². The summed E-state index contributed by atoms with van der Waals surface area (Å²) in [5.41, 5.74) is 2.43. The molecule has 0 heterocycles. The molecule has 1 aromatic rings. The monoisotopic (exact) mass is 280 g/mol. The molecule has 0 aliphatic heterocycles. The highest BCUT2D eigenvalue weighted by atomic mass is 35.5. The van der Waals surface area contributed by atoms with Crippen molar-refractivity contribution in [3.63, 3.8) is 0 Å². The maximum atomic E-state index is 6.39. The fraction of sp³-hybridized carbons (Fsp3) is 0.625. The van der Waals surface area contributed by atoms with Gasteiger partial charge in [-0.25, -0.2) is 0 Å². The molecule has 2 nitrogen and oxygen atoms in total. The lowest BCUT2D eigenvalue weighted by Crippen LogP contribution is -2.37. The molecule has 1 fully saturated rings. The van der Waals surface area contributed by atoms with Gasteiger partial charge in [-0.15, -0.1) is 0 Å². The Hall–Kier alpha value is -0.730. The Bertz CT molecular complexity index is 413. The van der Waals surface area contributed by atoms with Gasteiger partial charge in [0.2, 0.25) is 0 Å². The van der Waals surface area contributed by atoms with Crippen LogP contribution in [0.4, 0.5) is 5.69 Å². The molecule has 2 rings (SSSR count). The van der Waals surface area contributed by atoms with Crippen molar-refractivity contribution in [1.29, 1.82) is 0 Å². The van der Waals surface area contributed by atoms with Crippen molar-refractivity contribution in [3.8, 4) is 0 Å². The molecule has 0 bridgehead atoms. The van der Waals surface area contributed by atoms with Crippen LogP contribution in [-0.2, 0) is 6.54 Å². The first kappa shape index (κ1) is 14.7. The quantitative estimate of drug-likeness (QED) is 0.845. The zero-order valence-electron chi connectivity index (χ0n) is 12.2. The van der Waals surface area contributed by atoms with Crippen LogP contribution in [0.15, 0.2) is 18.2 Å². The molecule has 106 valence electrons. The van der Waals surface area contributed by atoms with Crippen LogP contribution in [0.3, 0.4) is 0 Å². The summed E-state index contributed by atoms with van der Waals surface area (Å²) in [5.74, 6) is 0.669. The first-order chi connectivity index (χ1) is 9.08. The number of anilines is 1. The van der Waals surface area contributed by atoms with E-state index in [-0.39, 0.29) is 0 Å². The van der Waals surface area contributed by atoms with Gasteiger partial charge in [0.25, 0.3) is 0 Å². The Morgan fingerprint density at radius 2 is 2.11 bits per heavy atom. The number of nitrogens with zero attached hydrogens (tertiary/aromatic N) is 1. The van der Waals surface area contributed by atoms with E-state index < -0.39 is 0 Å². The highest BCUT2D eigenvalue weighted by Crippen LogP contribution is 2.30. The highest BCUT2D eigenvalue weighted by Gasteiger charge is 2.22. The Morgan fingerprint density at radius 3 is 2.63 bits per heavy atom. The SMILES string of the molecule is CC(C)CNCc1ccc(N(C)C2CCC2)cc1Cl. The standard InChI is InChI=1S/C16H25ClN2/c1-12(2)10-18-11-13-7-8-15(9-16(13)17)19(3)14-5-4-6-14/h7-9,12,14,18H,4-6,10-11H2,1-3H3. The van der Waals surface area contributed by atoms with Crippen LogP contribution >= 0.6 is 11.6 Å². The molecule has 1 aliphatic carbocycles. The van der Waals surface area contributed by atoms with Crippen LogP contribution in [0.5, 0.6) is 0 Å². The van der Waals surface area contributed by atoms with Crippen molar-refractivity contribution in [2.75, 3.05) is 18.5 Å². The van der Waals surface area contributed by atoms with Crippen LogP contribution in [0.2, 0.25) is 5.02 Å². The third-order valence-electron chi connectivity index (χ3n) is 3.93. The summed E-state index contributed by atoms with van der Waals surface area (Å²) >= 11 is 6.39. The number of nitrogens with one attached hydrogen (secondary N) is 1. The summed E-state index contributed by atoms with van der Waals surface area (Å²) in [6.07, 6.45) is 3.98. The minimum Gasteiger partial charge on any atom is -0.372 e. The average molecular weight is 281 g/mol. The van der Waals surface area contributed by atoms with Crippen molar-refractivity contribution in [2.24, 2.45) is 5.92 Å². The zero-order chi connectivity index (χ0) is 13.8. The molecule has 0 amide bonds. The normalized spacial score (nSPS) is 15.6. The molecule has 0 spiro atoms. The van der Waals surface area contributed by atoms with E-state index in [9.17, 15) is 0 Å². The molecule has 19 heavy (non-hydrogen) atoms. The van der Waals surface area contributed by atoms with E-state index in [1.54, 1.807) is 0 Å². The lowest BCUT2D eigenvalue weighted by atomic mass is 9.91. The topological polar surface area (TPSA) is 15.3 Å². The van der Waals surface area contributed by atoms with Gasteiger partial charge in [0.05, 0.1) is 0 Å². The molecule has 1 saturated carbocycles. The van der Waals surface area contributed by atoms with Crippen molar-refractivity contribution in [3.05, 3.63) is 28.8 Å². The van der Waals surface area contributed by atoms with Gasteiger partial charge in [0.15, 0.2) is 0 Å². The van der Waals surface area contributed by atoms with Crippen molar-refractivity contribution < 1.29 is 0 Å². The molecular weight excluding hydrogens is 256 g/mol. The molecule has 0 atom stereocenters. The summed E-state index contributed by atoms with van der Waals surface area (Å²) in [4.78, 5) is 2.36. The van der Waals surface area contributed by atoms with Gasteiger partial charge in [-0.1, -0.05) is 31.5 Å². The molecule has 1 aliphatic rings. The Kier molecular flexibility index (Phi) is 5.12. The van der Waals surface area contributed by atoms with Crippen molar-refractivity contribution >= 4 is 17.3 Å². The Labute approximate surface area is 122 Å². The predicted octanol–water partition coefficient (Wildman–Crippen LogP) is 4.07. The summed E-state index contributed by atoms with van der Waals surface area (Å²) < 4.78 is 0. The second-order valence-corrected chi connectivity index (χ2v) is 6.40. The average Bonchev–Trinajstić information content (AvgIpc) is 2.28. The van der Waals surface area contributed by atoms with Crippen LogP contribution in [0, 0.1) is 5.92 Å². The van der Waals surface area contributed by atoms with Crippen LogP contribution < -0.4 is 10.2 Å².